The Labute approximate surface area is 162 Å². The van der Waals surface area contributed by atoms with Gasteiger partial charge in [0.2, 0.25) is 5.89 Å². The number of halogens is 1. The van der Waals surface area contributed by atoms with Crippen LogP contribution >= 0.6 is 24.0 Å². The minimum Gasteiger partial charge on any atom is -0.357 e. The molecular weight excluding hydrogens is 417 g/mol. The summed E-state index contributed by atoms with van der Waals surface area (Å²) in [5.74, 6) is 3.18. The van der Waals surface area contributed by atoms with Crippen LogP contribution < -0.4 is 10.6 Å². The Hall–Kier alpha value is -0.860. The minimum absolute atomic E-state index is 0. The Morgan fingerprint density at radius 3 is 2.71 bits per heavy atom. The molecule has 6 nitrogen and oxygen atoms in total. The fraction of sp³-hybridized carbons (Fsp3) is 0.824. The van der Waals surface area contributed by atoms with Gasteiger partial charge in [0.1, 0.15) is 0 Å². The van der Waals surface area contributed by atoms with Crippen molar-refractivity contribution in [2.75, 3.05) is 19.6 Å². The van der Waals surface area contributed by atoms with Crippen LogP contribution in [0.5, 0.6) is 0 Å². The van der Waals surface area contributed by atoms with Crippen LogP contribution in [0.3, 0.4) is 0 Å². The number of nitrogens with one attached hydrogen (secondary N) is 2. The maximum atomic E-state index is 5.11. The highest BCUT2D eigenvalue weighted by Gasteiger charge is 2.12. The molecule has 1 aliphatic rings. The van der Waals surface area contributed by atoms with Crippen molar-refractivity contribution in [3.05, 3.63) is 11.7 Å². The molecule has 0 spiro atoms. The van der Waals surface area contributed by atoms with Gasteiger partial charge in [0.05, 0.1) is 0 Å². The minimum atomic E-state index is 0. The summed E-state index contributed by atoms with van der Waals surface area (Å²) in [7, 11) is 0. The Kier molecular flexibility index (Phi) is 11.0. The van der Waals surface area contributed by atoms with Crippen LogP contribution in [0.1, 0.15) is 63.6 Å². The highest BCUT2D eigenvalue weighted by Crippen LogP contribution is 2.27. The average molecular weight is 449 g/mol. The molecule has 1 aromatic rings. The van der Waals surface area contributed by atoms with Crippen LogP contribution in [0.4, 0.5) is 0 Å². The van der Waals surface area contributed by atoms with Gasteiger partial charge in [-0.1, -0.05) is 37.3 Å². The predicted molar refractivity (Wildman–Crippen MR) is 108 cm³/mol. The molecule has 1 heterocycles. The number of aromatic nitrogens is 2. The maximum Gasteiger partial charge on any atom is 0.228 e. The van der Waals surface area contributed by atoms with Crippen molar-refractivity contribution in [1.82, 2.24) is 20.8 Å². The fourth-order valence-corrected chi connectivity index (χ4v) is 3.12. The van der Waals surface area contributed by atoms with Crippen LogP contribution in [0, 0.1) is 12.8 Å². The normalized spacial score (nSPS) is 15.8. The molecule has 1 aliphatic carbocycles. The standard InChI is InChI=1S/C17H31N5O.HI/c1-3-18-17(20-13-11-16-21-14(2)22-23-16)19-12-7-10-15-8-5-4-6-9-15;/h15H,3-13H2,1-2H3,(H2,18,19,20);1H. The zero-order chi connectivity index (χ0) is 16.3. The molecule has 0 saturated heterocycles. The van der Waals surface area contributed by atoms with Gasteiger partial charge in [-0.05, 0) is 32.6 Å². The van der Waals surface area contributed by atoms with Crippen molar-refractivity contribution in [3.8, 4) is 0 Å². The smallest absolute Gasteiger partial charge is 0.228 e. The lowest BCUT2D eigenvalue weighted by Crippen LogP contribution is -2.38. The van der Waals surface area contributed by atoms with Gasteiger partial charge in [-0.15, -0.1) is 24.0 Å². The molecule has 0 bridgehead atoms. The second kappa shape index (κ2) is 12.5. The van der Waals surface area contributed by atoms with E-state index in [1.54, 1.807) is 0 Å². The quantitative estimate of drug-likeness (QED) is 0.275. The van der Waals surface area contributed by atoms with E-state index in [9.17, 15) is 0 Å². The SMILES string of the molecule is CCNC(=NCCCC1CCCCC1)NCCc1nc(C)no1.I. The van der Waals surface area contributed by atoms with E-state index < -0.39 is 0 Å². The fourth-order valence-electron chi connectivity index (χ4n) is 3.12. The molecule has 0 aromatic carbocycles. The van der Waals surface area contributed by atoms with E-state index in [-0.39, 0.29) is 24.0 Å². The molecule has 0 atom stereocenters. The summed E-state index contributed by atoms with van der Waals surface area (Å²) in [5, 5.41) is 10.4. The first-order chi connectivity index (χ1) is 11.3. The van der Waals surface area contributed by atoms with Crippen LogP contribution in [-0.4, -0.2) is 35.7 Å². The number of aryl methyl sites for hydroxylation is 1. The van der Waals surface area contributed by atoms with Crippen molar-refractivity contribution >= 4 is 29.9 Å². The van der Waals surface area contributed by atoms with Gasteiger partial charge in [-0.3, -0.25) is 4.99 Å². The molecule has 24 heavy (non-hydrogen) atoms. The number of aliphatic imine (C=N–C) groups is 1. The number of nitrogens with zero attached hydrogens (tertiary/aromatic N) is 3. The van der Waals surface area contributed by atoms with Crippen molar-refractivity contribution in [1.29, 1.82) is 0 Å². The van der Waals surface area contributed by atoms with Gasteiger partial charge >= 0.3 is 0 Å². The van der Waals surface area contributed by atoms with Crippen LogP contribution in [0.2, 0.25) is 0 Å². The second-order valence-electron chi connectivity index (χ2n) is 6.32. The monoisotopic (exact) mass is 449 g/mol. The zero-order valence-electron chi connectivity index (χ0n) is 15.0. The average Bonchev–Trinajstić information content (AvgIpc) is 2.98. The third-order valence-corrected chi connectivity index (χ3v) is 4.31. The van der Waals surface area contributed by atoms with Gasteiger partial charge < -0.3 is 15.2 Å². The maximum absolute atomic E-state index is 5.11. The van der Waals surface area contributed by atoms with E-state index in [2.05, 4.69) is 32.7 Å². The third-order valence-electron chi connectivity index (χ3n) is 4.31. The van der Waals surface area contributed by atoms with E-state index >= 15 is 0 Å². The summed E-state index contributed by atoms with van der Waals surface area (Å²) < 4.78 is 5.11. The van der Waals surface area contributed by atoms with Crippen molar-refractivity contribution in [2.45, 2.75) is 65.2 Å². The van der Waals surface area contributed by atoms with Crippen LogP contribution in [-0.2, 0) is 6.42 Å². The summed E-state index contributed by atoms with van der Waals surface area (Å²) in [6.07, 6.45) is 10.3. The van der Waals surface area contributed by atoms with Gasteiger partial charge in [0, 0.05) is 26.1 Å². The lowest BCUT2D eigenvalue weighted by atomic mass is 9.86. The van der Waals surface area contributed by atoms with Crippen LogP contribution in [0.15, 0.2) is 9.52 Å². The van der Waals surface area contributed by atoms with Gasteiger partial charge in [-0.2, -0.15) is 4.98 Å². The van der Waals surface area contributed by atoms with E-state index in [1.807, 2.05) is 6.92 Å². The summed E-state index contributed by atoms with van der Waals surface area (Å²) in [6.45, 7) is 6.43. The molecule has 0 radical (unpaired) electrons. The Morgan fingerprint density at radius 2 is 2.04 bits per heavy atom. The molecule has 2 N–H and O–H groups in total. The Balaban J connectivity index is 0.00000288. The largest absolute Gasteiger partial charge is 0.357 e. The lowest BCUT2D eigenvalue weighted by Gasteiger charge is -2.20. The summed E-state index contributed by atoms with van der Waals surface area (Å²) in [6, 6.07) is 0. The highest BCUT2D eigenvalue weighted by molar-refractivity contribution is 14.0. The molecule has 138 valence electrons. The number of rotatable bonds is 8. The lowest BCUT2D eigenvalue weighted by molar-refractivity contribution is 0.334. The molecule has 2 rings (SSSR count). The van der Waals surface area contributed by atoms with Crippen molar-refractivity contribution in [3.63, 3.8) is 0 Å². The molecule has 1 aromatic heterocycles. The number of hydrogen-bond acceptors (Lipinski definition) is 4. The van der Waals surface area contributed by atoms with E-state index in [0.717, 1.165) is 31.5 Å². The van der Waals surface area contributed by atoms with E-state index in [0.29, 0.717) is 18.1 Å². The van der Waals surface area contributed by atoms with Gasteiger partial charge in [0.25, 0.3) is 0 Å². The molecule has 1 fully saturated rings. The highest BCUT2D eigenvalue weighted by atomic mass is 127. The first-order valence-electron chi connectivity index (χ1n) is 9.09. The summed E-state index contributed by atoms with van der Waals surface area (Å²) >= 11 is 0. The first-order valence-corrected chi connectivity index (χ1v) is 9.09. The molecule has 0 unspecified atom stereocenters. The third kappa shape index (κ3) is 8.30. The molecule has 0 aliphatic heterocycles. The van der Waals surface area contributed by atoms with Crippen molar-refractivity contribution in [2.24, 2.45) is 10.9 Å². The Bertz CT molecular complexity index is 471. The Morgan fingerprint density at radius 1 is 1.25 bits per heavy atom. The second-order valence-corrected chi connectivity index (χ2v) is 6.32. The first kappa shape index (κ1) is 21.2. The van der Waals surface area contributed by atoms with E-state index in [4.69, 9.17) is 4.52 Å². The molecule has 7 heteroatoms. The van der Waals surface area contributed by atoms with Gasteiger partial charge in [-0.25, -0.2) is 0 Å². The van der Waals surface area contributed by atoms with Crippen LogP contribution in [0.25, 0.3) is 0 Å². The zero-order valence-corrected chi connectivity index (χ0v) is 17.3. The molecule has 0 amide bonds. The van der Waals surface area contributed by atoms with Gasteiger partial charge in [0.15, 0.2) is 11.8 Å². The molecule has 1 saturated carbocycles. The summed E-state index contributed by atoms with van der Waals surface area (Å²) in [4.78, 5) is 8.86. The molecular formula is C17H32IN5O. The van der Waals surface area contributed by atoms with Crippen molar-refractivity contribution < 1.29 is 4.52 Å². The number of guanidine groups is 1. The number of hydrogen-bond donors (Lipinski definition) is 2. The summed E-state index contributed by atoms with van der Waals surface area (Å²) in [5.41, 5.74) is 0. The predicted octanol–water partition coefficient (Wildman–Crippen LogP) is 3.45. The van der Waals surface area contributed by atoms with E-state index in [1.165, 1.54) is 44.9 Å². The topological polar surface area (TPSA) is 75.3 Å².